The second kappa shape index (κ2) is 7.79. The molecule has 1 aromatic carbocycles. The molecule has 8 heteroatoms. The summed E-state index contributed by atoms with van der Waals surface area (Å²) in [5.41, 5.74) is 0.230. The standard InChI is InChI=1S/C14H16F3NO4/c1-22-11(14(15,16)17)8-7-10(13(20)21)18-12(19)9-5-3-2-4-6-9/h2-6,10-11H,7-8H2,1H3,(H,18,19)(H,20,21)/t10-,11+/m0/s1. The van der Waals surface area contributed by atoms with Crippen LogP contribution in [0.15, 0.2) is 30.3 Å². The van der Waals surface area contributed by atoms with E-state index in [9.17, 15) is 22.8 Å². The molecule has 22 heavy (non-hydrogen) atoms. The van der Waals surface area contributed by atoms with E-state index in [4.69, 9.17) is 5.11 Å². The lowest BCUT2D eigenvalue weighted by Crippen LogP contribution is -2.42. The summed E-state index contributed by atoms with van der Waals surface area (Å²) in [5.74, 6) is -2.06. The highest BCUT2D eigenvalue weighted by Crippen LogP contribution is 2.26. The first-order valence-electron chi connectivity index (χ1n) is 6.44. The molecule has 2 N–H and O–H groups in total. The highest BCUT2D eigenvalue weighted by atomic mass is 19.4. The van der Waals surface area contributed by atoms with Gasteiger partial charge in [0.05, 0.1) is 0 Å². The van der Waals surface area contributed by atoms with Gasteiger partial charge in [-0.05, 0) is 25.0 Å². The van der Waals surface area contributed by atoms with E-state index in [2.05, 4.69) is 10.1 Å². The smallest absolute Gasteiger partial charge is 0.414 e. The monoisotopic (exact) mass is 319 g/mol. The molecule has 0 saturated heterocycles. The Balaban J connectivity index is 2.67. The van der Waals surface area contributed by atoms with Crippen LogP contribution >= 0.6 is 0 Å². The molecule has 1 amide bonds. The van der Waals surface area contributed by atoms with Gasteiger partial charge in [0.25, 0.3) is 5.91 Å². The third kappa shape index (κ3) is 5.36. The van der Waals surface area contributed by atoms with Crippen LogP contribution in [0.5, 0.6) is 0 Å². The molecule has 1 aromatic rings. The zero-order chi connectivity index (χ0) is 16.8. The van der Waals surface area contributed by atoms with Gasteiger partial charge in [0.1, 0.15) is 6.04 Å². The van der Waals surface area contributed by atoms with Gasteiger partial charge < -0.3 is 15.2 Å². The first-order chi connectivity index (χ1) is 10.3. The Morgan fingerprint density at radius 2 is 1.82 bits per heavy atom. The number of carbonyl (C=O) groups is 2. The fraction of sp³-hybridized carbons (Fsp3) is 0.429. The van der Waals surface area contributed by atoms with E-state index in [1.807, 2.05) is 0 Å². The van der Waals surface area contributed by atoms with Crippen molar-refractivity contribution in [3.8, 4) is 0 Å². The first-order valence-corrected chi connectivity index (χ1v) is 6.44. The highest BCUT2D eigenvalue weighted by molar-refractivity contribution is 5.96. The van der Waals surface area contributed by atoms with Crippen molar-refractivity contribution in [2.45, 2.75) is 31.2 Å². The quantitative estimate of drug-likeness (QED) is 0.808. The van der Waals surface area contributed by atoms with Crippen molar-refractivity contribution in [3.63, 3.8) is 0 Å². The van der Waals surface area contributed by atoms with Crippen molar-refractivity contribution in [3.05, 3.63) is 35.9 Å². The number of benzene rings is 1. The lowest BCUT2D eigenvalue weighted by atomic mass is 10.1. The van der Waals surface area contributed by atoms with Gasteiger partial charge in [0.2, 0.25) is 0 Å². The van der Waals surface area contributed by atoms with Crippen molar-refractivity contribution < 1.29 is 32.6 Å². The van der Waals surface area contributed by atoms with Gasteiger partial charge in [-0.15, -0.1) is 0 Å². The largest absolute Gasteiger partial charge is 0.480 e. The van der Waals surface area contributed by atoms with E-state index < -0.39 is 43.0 Å². The molecule has 2 atom stereocenters. The van der Waals surface area contributed by atoms with Crippen LogP contribution in [0.25, 0.3) is 0 Å². The Morgan fingerprint density at radius 3 is 2.27 bits per heavy atom. The minimum atomic E-state index is -4.58. The number of methoxy groups -OCH3 is 1. The van der Waals surface area contributed by atoms with Crippen molar-refractivity contribution in [2.24, 2.45) is 0 Å². The molecule has 0 saturated carbocycles. The van der Waals surface area contributed by atoms with Crippen molar-refractivity contribution in [1.29, 1.82) is 0 Å². The van der Waals surface area contributed by atoms with Crippen LogP contribution in [0.2, 0.25) is 0 Å². The number of ether oxygens (including phenoxy) is 1. The third-order valence-electron chi connectivity index (χ3n) is 3.01. The normalized spacial score (nSPS) is 14.2. The number of hydrogen-bond acceptors (Lipinski definition) is 3. The number of halogens is 3. The van der Waals surface area contributed by atoms with Gasteiger partial charge in [-0.1, -0.05) is 18.2 Å². The van der Waals surface area contributed by atoms with Crippen LogP contribution in [0.1, 0.15) is 23.2 Å². The second-order valence-electron chi connectivity index (χ2n) is 4.57. The molecular weight excluding hydrogens is 303 g/mol. The Kier molecular flexibility index (Phi) is 6.36. The van der Waals surface area contributed by atoms with Crippen molar-refractivity contribution >= 4 is 11.9 Å². The van der Waals surface area contributed by atoms with Crippen LogP contribution < -0.4 is 5.32 Å². The molecule has 0 aromatic heterocycles. The highest BCUT2D eigenvalue weighted by Gasteiger charge is 2.40. The van der Waals surface area contributed by atoms with E-state index in [-0.39, 0.29) is 5.56 Å². The number of amides is 1. The van der Waals surface area contributed by atoms with E-state index in [0.29, 0.717) is 0 Å². The number of carboxylic acid groups (broad SMARTS) is 1. The van der Waals surface area contributed by atoms with Gasteiger partial charge in [0.15, 0.2) is 6.10 Å². The predicted octanol–water partition coefficient (Wildman–Crippen LogP) is 2.23. The fourth-order valence-corrected chi connectivity index (χ4v) is 1.82. The lowest BCUT2D eigenvalue weighted by Gasteiger charge is -2.21. The summed E-state index contributed by atoms with van der Waals surface area (Å²) in [7, 11) is 0.899. The zero-order valence-electron chi connectivity index (χ0n) is 11.8. The molecule has 0 radical (unpaired) electrons. The maximum absolute atomic E-state index is 12.5. The summed E-state index contributed by atoms with van der Waals surface area (Å²) in [6, 6.07) is 6.39. The Morgan fingerprint density at radius 1 is 1.23 bits per heavy atom. The molecule has 0 bridgehead atoms. The van der Waals surface area contributed by atoms with Gasteiger partial charge in [-0.25, -0.2) is 4.79 Å². The van der Waals surface area contributed by atoms with Gasteiger partial charge >= 0.3 is 12.1 Å². The van der Waals surface area contributed by atoms with E-state index in [1.54, 1.807) is 18.2 Å². The summed E-state index contributed by atoms with van der Waals surface area (Å²) < 4.78 is 41.9. The van der Waals surface area contributed by atoms with Gasteiger partial charge in [-0.3, -0.25) is 4.79 Å². The van der Waals surface area contributed by atoms with Crippen molar-refractivity contribution in [2.75, 3.05) is 7.11 Å². The van der Waals surface area contributed by atoms with E-state index in [0.717, 1.165) is 7.11 Å². The number of carboxylic acids is 1. The van der Waals surface area contributed by atoms with Crippen LogP contribution in [-0.2, 0) is 9.53 Å². The van der Waals surface area contributed by atoms with E-state index in [1.165, 1.54) is 12.1 Å². The minimum absolute atomic E-state index is 0.230. The Bertz CT molecular complexity index is 505. The molecule has 0 heterocycles. The summed E-state index contributed by atoms with van der Waals surface area (Å²) in [5, 5.41) is 11.2. The Hall–Kier alpha value is -2.09. The molecule has 0 fully saturated rings. The lowest BCUT2D eigenvalue weighted by molar-refractivity contribution is -0.215. The number of aliphatic carboxylic acids is 1. The SMILES string of the molecule is CO[C@H](CC[C@H](NC(=O)c1ccccc1)C(=O)O)C(F)(F)F. The summed E-state index contributed by atoms with van der Waals surface area (Å²) in [4.78, 5) is 22.9. The van der Waals surface area contributed by atoms with Crippen LogP contribution in [0, 0.1) is 0 Å². The number of carbonyl (C=O) groups excluding carboxylic acids is 1. The topological polar surface area (TPSA) is 75.6 Å². The Labute approximate surface area is 125 Å². The van der Waals surface area contributed by atoms with Gasteiger partial charge in [-0.2, -0.15) is 13.2 Å². The molecule has 1 rings (SSSR count). The second-order valence-corrected chi connectivity index (χ2v) is 4.57. The average molecular weight is 319 g/mol. The molecule has 122 valence electrons. The molecule has 0 spiro atoms. The zero-order valence-corrected chi connectivity index (χ0v) is 11.8. The minimum Gasteiger partial charge on any atom is -0.480 e. The van der Waals surface area contributed by atoms with Gasteiger partial charge in [0, 0.05) is 12.7 Å². The predicted molar refractivity (Wildman–Crippen MR) is 71.4 cm³/mol. The average Bonchev–Trinajstić information content (AvgIpc) is 2.45. The summed E-state index contributed by atoms with van der Waals surface area (Å²) in [6.07, 6.45) is -7.61. The molecule has 0 aliphatic heterocycles. The van der Waals surface area contributed by atoms with E-state index >= 15 is 0 Å². The number of rotatable bonds is 7. The molecule has 5 nitrogen and oxygen atoms in total. The van der Waals surface area contributed by atoms with Crippen LogP contribution in [0.3, 0.4) is 0 Å². The molecular formula is C14H16F3NO4. The van der Waals surface area contributed by atoms with Crippen LogP contribution in [0.4, 0.5) is 13.2 Å². The van der Waals surface area contributed by atoms with Crippen molar-refractivity contribution in [1.82, 2.24) is 5.32 Å². The summed E-state index contributed by atoms with van der Waals surface area (Å²) in [6.45, 7) is 0. The number of hydrogen-bond donors (Lipinski definition) is 2. The summed E-state index contributed by atoms with van der Waals surface area (Å²) >= 11 is 0. The number of alkyl halides is 3. The van der Waals surface area contributed by atoms with Crippen LogP contribution in [-0.4, -0.2) is 42.4 Å². The molecule has 0 aliphatic rings. The number of nitrogens with one attached hydrogen (secondary N) is 1. The third-order valence-corrected chi connectivity index (χ3v) is 3.01. The fourth-order valence-electron chi connectivity index (χ4n) is 1.82. The molecule has 0 aliphatic carbocycles. The first kappa shape index (κ1) is 18.0. The maximum atomic E-state index is 12.5. The maximum Gasteiger partial charge on any atom is 0.414 e. The molecule has 0 unspecified atom stereocenters.